The highest BCUT2D eigenvalue weighted by Crippen LogP contribution is 2.29. The molecule has 8 heteroatoms. The lowest BCUT2D eigenvalue weighted by molar-refractivity contribution is -0.387. The zero-order valence-corrected chi connectivity index (χ0v) is 12.6. The number of anilines is 1. The summed E-state index contributed by atoms with van der Waals surface area (Å²) in [5.41, 5.74) is 0.128. The fourth-order valence-corrected chi connectivity index (χ4v) is 2.91. The topological polar surface area (TPSA) is 92.6 Å². The summed E-state index contributed by atoms with van der Waals surface area (Å²) in [4.78, 5) is 10.1. The third-order valence-corrected chi connectivity index (χ3v) is 4.85. The predicted molar refractivity (Wildman–Crippen MR) is 77.4 cm³/mol. The van der Waals surface area contributed by atoms with Gasteiger partial charge in [-0.15, -0.1) is 0 Å². The van der Waals surface area contributed by atoms with Crippen LogP contribution in [0, 0.1) is 10.1 Å². The van der Waals surface area contributed by atoms with Gasteiger partial charge >= 0.3 is 0 Å². The molecule has 0 fully saturated rings. The molecular formula is C12H19N3O4S. The summed E-state index contributed by atoms with van der Waals surface area (Å²) in [6.07, 6.45) is 0.867. The fraction of sp³-hybridized carbons (Fsp3) is 0.500. The van der Waals surface area contributed by atoms with E-state index in [1.807, 2.05) is 6.92 Å². The molecule has 1 N–H and O–H groups in total. The van der Waals surface area contributed by atoms with Gasteiger partial charge in [-0.2, -0.15) is 0 Å². The minimum Gasteiger partial charge on any atom is -0.385 e. The van der Waals surface area contributed by atoms with Gasteiger partial charge in [0.2, 0.25) is 10.0 Å². The summed E-state index contributed by atoms with van der Waals surface area (Å²) in [6.45, 7) is 4.55. The van der Waals surface area contributed by atoms with Crippen molar-refractivity contribution < 1.29 is 13.3 Å². The highest BCUT2D eigenvalue weighted by atomic mass is 32.2. The molecule has 0 aliphatic heterocycles. The van der Waals surface area contributed by atoms with Crippen molar-refractivity contribution in [3.05, 3.63) is 28.3 Å². The van der Waals surface area contributed by atoms with Crippen LogP contribution in [0.15, 0.2) is 23.1 Å². The van der Waals surface area contributed by atoms with E-state index in [4.69, 9.17) is 0 Å². The van der Waals surface area contributed by atoms with Crippen molar-refractivity contribution in [2.24, 2.45) is 0 Å². The third-order valence-electron chi connectivity index (χ3n) is 2.87. The average molecular weight is 301 g/mol. The van der Waals surface area contributed by atoms with E-state index >= 15 is 0 Å². The van der Waals surface area contributed by atoms with E-state index in [9.17, 15) is 18.5 Å². The van der Waals surface area contributed by atoms with Crippen LogP contribution >= 0.6 is 0 Å². The van der Waals surface area contributed by atoms with E-state index in [0.717, 1.165) is 10.7 Å². The van der Waals surface area contributed by atoms with Gasteiger partial charge < -0.3 is 5.32 Å². The van der Waals surface area contributed by atoms with E-state index in [1.165, 1.54) is 19.2 Å². The summed E-state index contributed by atoms with van der Waals surface area (Å²) >= 11 is 0. The van der Waals surface area contributed by atoms with Gasteiger partial charge in [-0.1, -0.05) is 13.8 Å². The molecule has 1 aromatic carbocycles. The molecule has 0 heterocycles. The van der Waals surface area contributed by atoms with Gasteiger partial charge in [0.15, 0.2) is 4.90 Å². The maximum Gasteiger partial charge on any atom is 0.291 e. The first kappa shape index (κ1) is 16.4. The number of sulfonamides is 1. The van der Waals surface area contributed by atoms with E-state index in [1.54, 1.807) is 13.0 Å². The molecule has 0 saturated heterocycles. The predicted octanol–water partition coefficient (Wildman–Crippen LogP) is 2.06. The highest BCUT2D eigenvalue weighted by Gasteiger charge is 2.29. The lowest BCUT2D eigenvalue weighted by atomic mass is 10.2. The molecule has 0 unspecified atom stereocenters. The molecule has 0 atom stereocenters. The van der Waals surface area contributed by atoms with Crippen molar-refractivity contribution in [1.82, 2.24) is 4.31 Å². The molecule has 7 nitrogen and oxygen atoms in total. The van der Waals surface area contributed by atoms with E-state index in [0.29, 0.717) is 12.2 Å². The lowest BCUT2D eigenvalue weighted by Crippen LogP contribution is -2.27. The standard InChI is InChI=1S/C12H19N3O4S/c1-4-8-13-10-6-7-12(11(9-10)15(16)17)20(18,19)14(3)5-2/h6-7,9,13H,4-5,8H2,1-3H3. The van der Waals surface area contributed by atoms with Crippen molar-refractivity contribution in [3.63, 3.8) is 0 Å². The van der Waals surface area contributed by atoms with Crippen molar-refractivity contribution in [2.75, 3.05) is 25.5 Å². The Morgan fingerprint density at radius 2 is 2.00 bits per heavy atom. The fourth-order valence-electron chi connectivity index (χ4n) is 1.60. The number of nitrogens with one attached hydrogen (secondary N) is 1. The Labute approximate surface area is 118 Å². The molecule has 0 saturated carbocycles. The number of benzene rings is 1. The molecule has 0 aliphatic rings. The number of rotatable bonds is 7. The minimum atomic E-state index is -3.84. The Bertz CT molecular complexity index is 586. The SMILES string of the molecule is CCCNc1ccc(S(=O)(=O)N(C)CC)c([N+](=O)[O-])c1. The van der Waals surface area contributed by atoms with Crippen LogP contribution < -0.4 is 5.32 Å². The quantitative estimate of drug-likeness (QED) is 0.614. The van der Waals surface area contributed by atoms with Crippen molar-refractivity contribution in [3.8, 4) is 0 Å². The summed E-state index contributed by atoms with van der Waals surface area (Å²) in [5.74, 6) is 0. The number of hydrogen-bond acceptors (Lipinski definition) is 5. The Morgan fingerprint density at radius 3 is 2.50 bits per heavy atom. The molecule has 0 aromatic heterocycles. The molecule has 0 amide bonds. The summed E-state index contributed by atoms with van der Waals surface area (Å²) < 4.78 is 25.5. The van der Waals surface area contributed by atoms with Crippen molar-refractivity contribution >= 4 is 21.4 Å². The highest BCUT2D eigenvalue weighted by molar-refractivity contribution is 7.89. The van der Waals surface area contributed by atoms with Crippen LogP contribution in [-0.4, -0.2) is 37.8 Å². The molecule has 0 radical (unpaired) electrons. The molecular weight excluding hydrogens is 282 g/mol. The van der Waals surface area contributed by atoms with Crippen LogP contribution in [0.5, 0.6) is 0 Å². The Morgan fingerprint density at radius 1 is 1.35 bits per heavy atom. The lowest BCUT2D eigenvalue weighted by Gasteiger charge is -2.15. The molecule has 112 valence electrons. The normalized spacial score (nSPS) is 11.6. The molecule has 1 aromatic rings. The van der Waals surface area contributed by atoms with E-state index < -0.39 is 20.6 Å². The van der Waals surface area contributed by atoms with Crippen molar-refractivity contribution in [2.45, 2.75) is 25.2 Å². The van der Waals surface area contributed by atoms with Crippen LogP contribution in [0.1, 0.15) is 20.3 Å². The zero-order valence-electron chi connectivity index (χ0n) is 11.8. The van der Waals surface area contributed by atoms with Crippen LogP contribution in [0.4, 0.5) is 11.4 Å². The largest absolute Gasteiger partial charge is 0.385 e. The Hall–Kier alpha value is -1.67. The first-order chi connectivity index (χ1) is 9.34. The number of nitro benzene ring substituents is 1. The maximum absolute atomic E-state index is 12.2. The first-order valence-corrected chi connectivity index (χ1v) is 7.77. The summed E-state index contributed by atoms with van der Waals surface area (Å²) in [5, 5.41) is 14.1. The number of nitro groups is 1. The second-order valence-electron chi connectivity index (χ2n) is 4.29. The van der Waals surface area contributed by atoms with Crippen LogP contribution in [-0.2, 0) is 10.0 Å². The van der Waals surface area contributed by atoms with Crippen LogP contribution in [0.2, 0.25) is 0 Å². The van der Waals surface area contributed by atoms with Crippen molar-refractivity contribution in [1.29, 1.82) is 0 Å². The minimum absolute atomic E-state index is 0.245. The smallest absolute Gasteiger partial charge is 0.291 e. The van der Waals surface area contributed by atoms with Gasteiger partial charge in [-0.25, -0.2) is 12.7 Å². The maximum atomic E-state index is 12.2. The number of hydrogen-bond donors (Lipinski definition) is 1. The number of nitrogens with zero attached hydrogens (tertiary/aromatic N) is 2. The van der Waals surface area contributed by atoms with Gasteiger partial charge in [0.1, 0.15) is 0 Å². The van der Waals surface area contributed by atoms with Crippen LogP contribution in [0.3, 0.4) is 0 Å². The Balaban J connectivity index is 3.31. The molecule has 0 spiro atoms. The summed E-state index contributed by atoms with van der Waals surface area (Å²) in [6, 6.07) is 4.07. The van der Waals surface area contributed by atoms with Gasteiger partial charge in [0, 0.05) is 31.9 Å². The monoisotopic (exact) mass is 301 g/mol. The second-order valence-corrected chi connectivity index (χ2v) is 6.30. The summed E-state index contributed by atoms with van der Waals surface area (Å²) in [7, 11) is -2.45. The molecule has 20 heavy (non-hydrogen) atoms. The molecule has 0 bridgehead atoms. The van der Waals surface area contributed by atoms with E-state index in [2.05, 4.69) is 5.32 Å². The van der Waals surface area contributed by atoms with Crippen LogP contribution in [0.25, 0.3) is 0 Å². The molecule has 0 aliphatic carbocycles. The van der Waals surface area contributed by atoms with E-state index in [-0.39, 0.29) is 11.4 Å². The van der Waals surface area contributed by atoms with Gasteiger partial charge in [0.05, 0.1) is 4.92 Å². The second kappa shape index (κ2) is 6.67. The van der Waals surface area contributed by atoms with Gasteiger partial charge in [0.25, 0.3) is 5.69 Å². The molecule has 1 rings (SSSR count). The first-order valence-electron chi connectivity index (χ1n) is 6.33. The van der Waals surface area contributed by atoms with Gasteiger partial charge in [-0.05, 0) is 18.6 Å². The third kappa shape index (κ3) is 3.45. The van der Waals surface area contributed by atoms with Gasteiger partial charge in [-0.3, -0.25) is 10.1 Å². The zero-order chi connectivity index (χ0) is 15.3. The average Bonchev–Trinajstić information content (AvgIpc) is 2.43. The Kier molecular flexibility index (Phi) is 5.46.